The molecule has 2 bridgehead atoms. The maximum absolute atomic E-state index is 2.58. The summed E-state index contributed by atoms with van der Waals surface area (Å²) < 4.78 is 0. The highest BCUT2D eigenvalue weighted by atomic mass is 32.2. The lowest BCUT2D eigenvalue weighted by molar-refractivity contribution is 0.0269. The van der Waals surface area contributed by atoms with E-state index in [4.69, 9.17) is 0 Å². The number of nitrogens with zero attached hydrogens (tertiary/aromatic N) is 1. The molecule has 1 saturated heterocycles. The molecule has 0 radical (unpaired) electrons. The van der Waals surface area contributed by atoms with Crippen molar-refractivity contribution in [2.45, 2.75) is 39.2 Å². The van der Waals surface area contributed by atoms with Gasteiger partial charge in [-0.1, -0.05) is 25.5 Å². The summed E-state index contributed by atoms with van der Waals surface area (Å²) in [6.45, 7) is 6.25. The second kappa shape index (κ2) is 3.64. The van der Waals surface area contributed by atoms with Crippen LogP contribution in [0.25, 0.3) is 0 Å². The number of likely N-dealkylation sites (tertiary alicyclic amines) is 1. The molecular weight excluding hydrogens is 214 g/mol. The molecule has 88 valence electrons. The Balaban J connectivity index is 2.04. The van der Waals surface area contributed by atoms with Crippen LogP contribution in [0, 0.1) is 11.3 Å². The maximum atomic E-state index is 2.58. The van der Waals surface area contributed by atoms with E-state index >= 15 is 0 Å². The van der Waals surface area contributed by atoms with Gasteiger partial charge in [-0.15, -0.1) is 11.8 Å². The molecule has 2 heteroatoms. The maximum Gasteiger partial charge on any atom is 0.0172 e. The third-order valence-corrected chi connectivity index (χ3v) is 6.21. The van der Waals surface area contributed by atoms with Crippen LogP contribution in [0.5, 0.6) is 0 Å². The molecule has 0 spiro atoms. The molecule has 0 N–H and O–H groups in total. The standard InChI is InChI=1S/C14H21NS/c1-10-12-9-13-11(5-4-8-16-13)14(10,2)6-7-15(12)3/h4,8,10,12H,5-7,9H2,1-3H3. The van der Waals surface area contributed by atoms with Gasteiger partial charge in [0.25, 0.3) is 0 Å². The van der Waals surface area contributed by atoms with E-state index < -0.39 is 0 Å². The summed E-state index contributed by atoms with van der Waals surface area (Å²) in [7, 11) is 2.30. The summed E-state index contributed by atoms with van der Waals surface area (Å²) in [5.41, 5.74) is 2.24. The molecule has 3 unspecified atom stereocenters. The van der Waals surface area contributed by atoms with Crippen LogP contribution in [0.3, 0.4) is 0 Å². The van der Waals surface area contributed by atoms with Crippen molar-refractivity contribution in [3.8, 4) is 0 Å². The van der Waals surface area contributed by atoms with Crippen LogP contribution < -0.4 is 0 Å². The minimum Gasteiger partial charge on any atom is -0.303 e. The normalized spacial score (nSPS) is 43.4. The van der Waals surface area contributed by atoms with Crippen LogP contribution >= 0.6 is 11.8 Å². The molecule has 0 aromatic rings. The summed E-state index contributed by atoms with van der Waals surface area (Å²) in [5, 5.41) is 2.29. The first-order valence-corrected chi connectivity index (χ1v) is 7.25. The van der Waals surface area contributed by atoms with Gasteiger partial charge in [-0.2, -0.15) is 0 Å². The van der Waals surface area contributed by atoms with Crippen molar-refractivity contribution < 1.29 is 0 Å². The van der Waals surface area contributed by atoms with Crippen LogP contribution in [-0.4, -0.2) is 24.5 Å². The lowest BCUT2D eigenvalue weighted by atomic mass is 9.60. The Bertz CT molecular complexity index is 371. The minimum absolute atomic E-state index is 0.475. The van der Waals surface area contributed by atoms with E-state index in [9.17, 15) is 0 Å². The molecule has 0 aromatic heterocycles. The van der Waals surface area contributed by atoms with Crippen LogP contribution in [0.1, 0.15) is 33.1 Å². The van der Waals surface area contributed by atoms with Crippen LogP contribution in [-0.2, 0) is 0 Å². The molecule has 2 aliphatic heterocycles. The van der Waals surface area contributed by atoms with E-state index in [2.05, 4.69) is 37.3 Å². The zero-order valence-corrected chi connectivity index (χ0v) is 11.3. The first-order valence-electron chi connectivity index (χ1n) is 6.37. The van der Waals surface area contributed by atoms with Crippen molar-refractivity contribution >= 4 is 11.8 Å². The Morgan fingerprint density at radius 1 is 1.50 bits per heavy atom. The smallest absolute Gasteiger partial charge is 0.0172 e. The topological polar surface area (TPSA) is 3.24 Å². The van der Waals surface area contributed by atoms with E-state index in [1.54, 1.807) is 10.5 Å². The summed E-state index contributed by atoms with van der Waals surface area (Å²) in [6.07, 6.45) is 6.19. The first kappa shape index (κ1) is 10.9. The lowest BCUT2D eigenvalue weighted by Gasteiger charge is -2.54. The number of hydrogen-bond acceptors (Lipinski definition) is 2. The van der Waals surface area contributed by atoms with Crippen LogP contribution in [0.2, 0.25) is 0 Å². The summed E-state index contributed by atoms with van der Waals surface area (Å²) in [4.78, 5) is 4.26. The Morgan fingerprint density at radius 2 is 2.31 bits per heavy atom. The quantitative estimate of drug-likeness (QED) is 0.630. The van der Waals surface area contributed by atoms with Gasteiger partial charge in [0.15, 0.2) is 0 Å². The highest BCUT2D eigenvalue weighted by molar-refractivity contribution is 8.05. The zero-order valence-electron chi connectivity index (χ0n) is 10.5. The molecule has 3 atom stereocenters. The largest absolute Gasteiger partial charge is 0.303 e. The van der Waals surface area contributed by atoms with E-state index in [-0.39, 0.29) is 0 Å². The summed E-state index contributed by atoms with van der Waals surface area (Å²) in [5.74, 6) is 0.817. The van der Waals surface area contributed by atoms with Crippen molar-refractivity contribution in [2.24, 2.45) is 11.3 Å². The molecule has 16 heavy (non-hydrogen) atoms. The number of piperidine rings is 1. The zero-order chi connectivity index (χ0) is 11.3. The van der Waals surface area contributed by atoms with Crippen molar-refractivity contribution in [1.82, 2.24) is 4.90 Å². The van der Waals surface area contributed by atoms with E-state index in [0.29, 0.717) is 5.41 Å². The van der Waals surface area contributed by atoms with Crippen molar-refractivity contribution in [3.05, 3.63) is 22.0 Å². The Morgan fingerprint density at radius 3 is 3.12 bits per heavy atom. The molecule has 0 amide bonds. The van der Waals surface area contributed by atoms with Gasteiger partial charge < -0.3 is 4.90 Å². The van der Waals surface area contributed by atoms with Gasteiger partial charge in [0.2, 0.25) is 0 Å². The molecule has 1 aliphatic carbocycles. The van der Waals surface area contributed by atoms with Gasteiger partial charge in [-0.25, -0.2) is 0 Å². The van der Waals surface area contributed by atoms with Crippen LogP contribution in [0.4, 0.5) is 0 Å². The summed E-state index contributed by atoms with van der Waals surface area (Å²) in [6, 6.07) is 0.775. The van der Waals surface area contributed by atoms with Crippen molar-refractivity contribution in [1.29, 1.82) is 0 Å². The fraction of sp³-hybridized carbons (Fsp3) is 0.714. The fourth-order valence-electron chi connectivity index (χ4n) is 3.76. The third kappa shape index (κ3) is 1.36. The van der Waals surface area contributed by atoms with E-state index in [1.807, 2.05) is 11.8 Å². The molecule has 1 fully saturated rings. The lowest BCUT2D eigenvalue weighted by Crippen LogP contribution is -2.54. The molecule has 1 nitrogen and oxygen atoms in total. The Hall–Kier alpha value is -0.210. The second-order valence-corrected chi connectivity index (χ2v) is 6.80. The van der Waals surface area contributed by atoms with Gasteiger partial charge in [0.05, 0.1) is 0 Å². The van der Waals surface area contributed by atoms with Crippen molar-refractivity contribution in [2.75, 3.05) is 13.6 Å². The number of thioether (sulfide) groups is 1. The number of allylic oxidation sites excluding steroid dienone is 2. The van der Waals surface area contributed by atoms with Crippen molar-refractivity contribution in [3.63, 3.8) is 0 Å². The first-order chi connectivity index (χ1) is 7.63. The molecular formula is C14H21NS. The monoisotopic (exact) mass is 235 g/mol. The van der Waals surface area contributed by atoms with Gasteiger partial charge in [-0.3, -0.25) is 0 Å². The molecule has 3 aliphatic rings. The van der Waals surface area contributed by atoms with Gasteiger partial charge in [0, 0.05) is 6.04 Å². The predicted molar refractivity (Wildman–Crippen MR) is 71.3 cm³/mol. The average Bonchev–Trinajstić information content (AvgIpc) is 2.29. The van der Waals surface area contributed by atoms with Gasteiger partial charge >= 0.3 is 0 Å². The van der Waals surface area contributed by atoms with Crippen LogP contribution in [0.15, 0.2) is 22.0 Å². The minimum atomic E-state index is 0.475. The fourth-order valence-corrected chi connectivity index (χ4v) is 4.84. The molecule has 0 aromatic carbocycles. The third-order valence-electron chi connectivity index (χ3n) is 5.18. The highest BCUT2D eigenvalue weighted by Gasteiger charge is 2.48. The highest BCUT2D eigenvalue weighted by Crippen LogP contribution is 2.55. The second-order valence-electron chi connectivity index (χ2n) is 5.80. The number of fused-ring (bicyclic) bond motifs is 3. The van der Waals surface area contributed by atoms with E-state index in [1.165, 1.54) is 25.8 Å². The molecule has 3 rings (SSSR count). The number of hydrogen-bond donors (Lipinski definition) is 0. The summed E-state index contributed by atoms with van der Waals surface area (Å²) >= 11 is 1.98. The Labute approximate surface area is 103 Å². The van der Waals surface area contributed by atoms with E-state index in [0.717, 1.165) is 12.0 Å². The SMILES string of the molecule is CC1C2CC3=C(CC=CS3)C1(C)CCN2C. The van der Waals surface area contributed by atoms with Gasteiger partial charge in [-0.05, 0) is 54.5 Å². The Kier molecular flexibility index (Phi) is 2.48. The average molecular weight is 235 g/mol. The predicted octanol–water partition coefficient (Wildman–Crippen LogP) is 3.64. The number of rotatable bonds is 0. The molecule has 2 heterocycles. The molecule has 0 saturated carbocycles. The van der Waals surface area contributed by atoms with Gasteiger partial charge in [0.1, 0.15) is 0 Å².